The third-order valence-electron chi connectivity index (χ3n) is 6.40. The number of hydrogen-bond donors (Lipinski definition) is 2. The molecule has 1 aliphatic carbocycles. The van der Waals surface area contributed by atoms with E-state index >= 15 is 0 Å². The number of pyridine rings is 2. The molecule has 0 saturated heterocycles. The molecular weight excluding hydrogens is 496 g/mol. The molecule has 39 heavy (non-hydrogen) atoms. The fourth-order valence-corrected chi connectivity index (χ4v) is 4.49. The highest BCUT2D eigenvalue weighted by atomic mass is 16.6. The van der Waals surface area contributed by atoms with Gasteiger partial charge < -0.3 is 20.5 Å². The molecule has 3 aromatic heterocycles. The lowest BCUT2D eigenvalue weighted by atomic mass is 10.2. The summed E-state index contributed by atoms with van der Waals surface area (Å²) < 4.78 is 12.5. The molecule has 0 bridgehead atoms. The van der Waals surface area contributed by atoms with E-state index in [0.29, 0.717) is 47.9 Å². The van der Waals surface area contributed by atoms with Crippen LogP contribution in [0.3, 0.4) is 0 Å². The van der Waals surface area contributed by atoms with Crippen molar-refractivity contribution in [1.82, 2.24) is 24.8 Å². The van der Waals surface area contributed by atoms with Gasteiger partial charge in [-0.05, 0) is 76.1 Å². The number of ether oxygens (including phenoxy) is 2. The van der Waals surface area contributed by atoms with Crippen LogP contribution in [0.25, 0.3) is 28.2 Å². The minimum Gasteiger partial charge on any atom is -0.466 e. The number of nitrogens with two attached hydrogens (primary N) is 1. The minimum absolute atomic E-state index is 0.0185. The molecule has 0 spiro atoms. The number of aromatic nitrogens is 4. The van der Waals surface area contributed by atoms with Gasteiger partial charge in [0.15, 0.2) is 11.5 Å². The molecule has 1 amide bonds. The predicted molar refractivity (Wildman–Crippen MR) is 147 cm³/mol. The molecule has 3 N–H and O–H groups in total. The first-order valence-electron chi connectivity index (χ1n) is 13.0. The highest BCUT2D eigenvalue weighted by Gasteiger charge is 2.46. The van der Waals surface area contributed by atoms with Gasteiger partial charge in [-0.25, -0.2) is 19.7 Å². The maximum Gasteiger partial charge on any atom is 0.407 e. The topological polar surface area (TPSA) is 134 Å². The molecule has 1 fully saturated rings. The summed E-state index contributed by atoms with van der Waals surface area (Å²) in [4.78, 5) is 38.4. The smallest absolute Gasteiger partial charge is 0.407 e. The van der Waals surface area contributed by atoms with Crippen LogP contribution >= 0.6 is 0 Å². The molecule has 10 nitrogen and oxygen atoms in total. The van der Waals surface area contributed by atoms with Crippen LogP contribution in [0.2, 0.25) is 0 Å². The van der Waals surface area contributed by atoms with Crippen LogP contribution in [0.15, 0.2) is 54.7 Å². The number of nitrogens with zero attached hydrogens (tertiary/aromatic N) is 4. The van der Waals surface area contributed by atoms with Crippen LogP contribution in [-0.4, -0.2) is 43.8 Å². The van der Waals surface area contributed by atoms with Crippen LogP contribution in [0.1, 0.15) is 51.3 Å². The Morgan fingerprint density at radius 3 is 2.56 bits per heavy atom. The van der Waals surface area contributed by atoms with Gasteiger partial charge >= 0.3 is 12.1 Å². The van der Waals surface area contributed by atoms with E-state index in [-0.39, 0.29) is 17.8 Å². The van der Waals surface area contributed by atoms with Crippen LogP contribution in [0.4, 0.5) is 10.6 Å². The fourth-order valence-electron chi connectivity index (χ4n) is 4.49. The normalized spacial score (nSPS) is 16.6. The zero-order valence-corrected chi connectivity index (χ0v) is 22.5. The monoisotopic (exact) mass is 528 g/mol. The summed E-state index contributed by atoms with van der Waals surface area (Å²) in [6.45, 7) is 7.96. The average Bonchev–Trinajstić information content (AvgIpc) is 3.61. The molecule has 2 unspecified atom stereocenters. The van der Waals surface area contributed by atoms with E-state index in [0.717, 1.165) is 16.9 Å². The summed E-state index contributed by atoms with van der Waals surface area (Å²) >= 11 is 0. The Balaban J connectivity index is 1.49. The largest absolute Gasteiger partial charge is 0.466 e. The number of nitrogen functional groups attached to an aromatic ring is 1. The number of hydrogen-bond acceptors (Lipinski definition) is 8. The number of carbonyl (C=O) groups excluding carboxylic acids is 2. The lowest BCUT2D eigenvalue weighted by molar-refractivity contribution is -0.144. The van der Waals surface area contributed by atoms with E-state index in [1.54, 1.807) is 6.20 Å². The lowest BCUT2D eigenvalue weighted by Gasteiger charge is -2.19. The molecular formula is C29H32N6O4. The minimum atomic E-state index is -0.566. The fraction of sp³-hybridized carbons (Fsp3) is 0.345. The van der Waals surface area contributed by atoms with E-state index in [9.17, 15) is 9.59 Å². The van der Waals surface area contributed by atoms with Crippen LogP contribution in [-0.2, 0) is 20.8 Å². The van der Waals surface area contributed by atoms with E-state index < -0.39 is 11.7 Å². The standard InChI is InChI=1S/C29H32N6O4/c1-5-38-27(36)21-15-20(21)22-12-13-23-26(33-22)35(25(34-23)19-7-6-14-31-24(19)30)18-10-8-17(9-11-18)16-32-28(37)39-29(2,3)4/h6-14,20-21H,5,15-16H2,1-4H3,(H2,30,31)(H,32,37). The maximum absolute atomic E-state index is 12.2. The van der Waals surface area contributed by atoms with Gasteiger partial charge in [0.1, 0.15) is 16.9 Å². The van der Waals surface area contributed by atoms with Gasteiger partial charge in [-0.15, -0.1) is 0 Å². The van der Waals surface area contributed by atoms with Crippen molar-refractivity contribution in [3.8, 4) is 17.1 Å². The molecule has 3 heterocycles. The predicted octanol–water partition coefficient (Wildman–Crippen LogP) is 4.76. The maximum atomic E-state index is 12.2. The first-order valence-corrected chi connectivity index (χ1v) is 13.0. The Hall–Kier alpha value is -4.47. The first-order chi connectivity index (χ1) is 18.6. The molecule has 2 atom stereocenters. The van der Waals surface area contributed by atoms with Crippen molar-refractivity contribution in [2.75, 3.05) is 12.3 Å². The summed E-state index contributed by atoms with van der Waals surface area (Å²) in [6.07, 6.45) is 1.88. The number of anilines is 1. The van der Waals surface area contributed by atoms with Gasteiger partial charge in [0, 0.05) is 30.0 Å². The van der Waals surface area contributed by atoms with Crippen molar-refractivity contribution in [2.24, 2.45) is 5.92 Å². The zero-order chi connectivity index (χ0) is 27.7. The number of nitrogens with one attached hydrogen (secondary N) is 1. The van der Waals surface area contributed by atoms with Gasteiger partial charge in [0.2, 0.25) is 0 Å². The van der Waals surface area contributed by atoms with Crippen molar-refractivity contribution >= 4 is 29.0 Å². The second-order valence-electron chi connectivity index (χ2n) is 10.5. The zero-order valence-electron chi connectivity index (χ0n) is 22.5. The Labute approximate surface area is 226 Å². The Morgan fingerprint density at radius 2 is 1.87 bits per heavy atom. The number of esters is 1. The van der Waals surface area contributed by atoms with E-state index in [1.807, 2.05) is 80.8 Å². The number of fused-ring (bicyclic) bond motifs is 1. The van der Waals surface area contributed by atoms with Crippen molar-refractivity contribution in [3.63, 3.8) is 0 Å². The van der Waals surface area contributed by atoms with Crippen molar-refractivity contribution in [3.05, 3.63) is 66.0 Å². The van der Waals surface area contributed by atoms with Gasteiger partial charge in [-0.1, -0.05) is 12.1 Å². The van der Waals surface area contributed by atoms with Gasteiger partial charge in [0.25, 0.3) is 0 Å². The first kappa shape index (κ1) is 26.1. The molecule has 1 aliphatic rings. The molecule has 0 radical (unpaired) electrons. The van der Waals surface area contributed by atoms with E-state index in [2.05, 4.69) is 10.3 Å². The molecule has 1 saturated carbocycles. The number of amides is 1. The van der Waals surface area contributed by atoms with Crippen LogP contribution in [0, 0.1) is 5.92 Å². The molecule has 0 aliphatic heterocycles. The molecule has 5 rings (SSSR count). The average molecular weight is 529 g/mol. The van der Waals surface area contributed by atoms with Crippen LogP contribution in [0.5, 0.6) is 0 Å². The molecule has 10 heteroatoms. The van der Waals surface area contributed by atoms with E-state index in [1.165, 1.54) is 0 Å². The highest BCUT2D eigenvalue weighted by molar-refractivity contribution is 5.83. The summed E-state index contributed by atoms with van der Waals surface area (Å²) in [5, 5.41) is 2.78. The third kappa shape index (κ3) is 5.69. The van der Waals surface area contributed by atoms with Crippen LogP contribution < -0.4 is 11.1 Å². The number of rotatable bonds is 7. The number of alkyl carbamates (subject to hydrolysis) is 1. The highest BCUT2D eigenvalue weighted by Crippen LogP contribution is 2.48. The SMILES string of the molecule is CCOC(=O)C1CC1c1ccc2nc(-c3cccnc3N)n(-c3ccc(CNC(=O)OC(C)(C)C)cc3)c2n1. The van der Waals surface area contributed by atoms with E-state index in [4.69, 9.17) is 25.2 Å². The summed E-state index contributed by atoms with van der Waals surface area (Å²) in [5.74, 6) is 0.633. The number of imidazole rings is 1. The molecule has 202 valence electrons. The number of carbonyl (C=O) groups is 2. The Kier molecular flexibility index (Phi) is 6.94. The van der Waals surface area contributed by atoms with Crippen molar-refractivity contribution in [1.29, 1.82) is 0 Å². The van der Waals surface area contributed by atoms with Crippen molar-refractivity contribution < 1.29 is 19.1 Å². The van der Waals surface area contributed by atoms with Gasteiger partial charge in [0.05, 0.1) is 18.1 Å². The Morgan fingerprint density at radius 1 is 1.10 bits per heavy atom. The lowest BCUT2D eigenvalue weighted by Crippen LogP contribution is -2.32. The second kappa shape index (κ2) is 10.4. The summed E-state index contributed by atoms with van der Waals surface area (Å²) in [7, 11) is 0. The number of benzene rings is 1. The summed E-state index contributed by atoms with van der Waals surface area (Å²) in [5.41, 5.74) is 10.2. The molecule has 1 aromatic carbocycles. The summed E-state index contributed by atoms with van der Waals surface area (Å²) in [6, 6.07) is 15.3. The Bertz CT molecular complexity index is 1520. The van der Waals surface area contributed by atoms with Gasteiger partial charge in [-0.2, -0.15) is 0 Å². The third-order valence-corrected chi connectivity index (χ3v) is 6.40. The van der Waals surface area contributed by atoms with Gasteiger partial charge in [-0.3, -0.25) is 9.36 Å². The second-order valence-corrected chi connectivity index (χ2v) is 10.5. The quantitative estimate of drug-likeness (QED) is 0.328. The van der Waals surface area contributed by atoms with Crippen molar-refractivity contribution in [2.45, 2.75) is 52.2 Å². The molecule has 4 aromatic rings.